The van der Waals surface area contributed by atoms with Crippen LogP contribution in [0, 0.1) is 0 Å². The van der Waals surface area contributed by atoms with Crippen LogP contribution in [-0.4, -0.2) is 35.2 Å². The molecule has 0 spiro atoms. The van der Waals surface area contributed by atoms with E-state index in [0.717, 1.165) is 30.5 Å². The third kappa shape index (κ3) is 8.14. The molecule has 10 heteroatoms. The summed E-state index contributed by atoms with van der Waals surface area (Å²) in [6.07, 6.45) is 1.56. The Morgan fingerprint density at radius 1 is 1.10 bits per heavy atom. The molecular weight excluding hydrogens is 596 g/mol. The normalized spacial score (nSPS) is 11.5. The first-order chi connectivity index (χ1) is 18.7. The lowest BCUT2D eigenvalue weighted by Crippen LogP contribution is -2.19. The molecular formula is C29H29BrN4O3S2. The van der Waals surface area contributed by atoms with Gasteiger partial charge in [-0.3, -0.25) is 4.79 Å². The van der Waals surface area contributed by atoms with Crippen LogP contribution in [0.3, 0.4) is 0 Å². The van der Waals surface area contributed by atoms with Gasteiger partial charge in [-0.05, 0) is 50.2 Å². The molecule has 0 aliphatic carbocycles. The number of hydrogen-bond acceptors (Lipinski definition) is 8. The van der Waals surface area contributed by atoms with Crippen molar-refractivity contribution in [1.82, 2.24) is 15.6 Å². The van der Waals surface area contributed by atoms with E-state index in [-0.39, 0.29) is 17.1 Å². The highest BCUT2D eigenvalue weighted by atomic mass is 79.9. The summed E-state index contributed by atoms with van der Waals surface area (Å²) < 4.78 is 13.1. The first-order valence-electron chi connectivity index (χ1n) is 12.2. The molecule has 39 heavy (non-hydrogen) atoms. The van der Waals surface area contributed by atoms with Crippen molar-refractivity contribution in [2.45, 2.75) is 37.1 Å². The lowest BCUT2D eigenvalue weighted by atomic mass is 9.87. The third-order valence-electron chi connectivity index (χ3n) is 5.61. The molecule has 0 saturated carbocycles. The fourth-order valence-electron chi connectivity index (χ4n) is 3.51. The zero-order chi connectivity index (χ0) is 27.8. The van der Waals surface area contributed by atoms with E-state index in [1.165, 1.54) is 28.7 Å². The van der Waals surface area contributed by atoms with Crippen LogP contribution in [0.2, 0.25) is 0 Å². The maximum atomic E-state index is 12.3. The second kappa shape index (κ2) is 13.2. The summed E-state index contributed by atoms with van der Waals surface area (Å²) in [4.78, 5) is 12.3. The number of halogens is 1. The number of hydrogen-bond donors (Lipinski definition) is 1. The Morgan fingerprint density at radius 3 is 2.54 bits per heavy atom. The predicted octanol–water partition coefficient (Wildman–Crippen LogP) is 7.10. The standard InChI is InChI=1S/C29H29BrN4O3S2/c1-29(2,3)22-12-10-19(11-13-22)17-37-26-23(30)14-20(15-24(26)36-4)16-31-32-25(35)18-38-28-34-33-27(39-28)21-8-6-5-7-9-21/h5-16H,17-18H2,1-4H3,(H,32,35). The number of methoxy groups -OCH3 is 1. The van der Waals surface area contributed by atoms with E-state index in [4.69, 9.17) is 9.47 Å². The molecule has 0 unspecified atom stereocenters. The summed E-state index contributed by atoms with van der Waals surface area (Å²) in [5, 5.41) is 13.3. The molecule has 0 fully saturated rings. The van der Waals surface area contributed by atoms with E-state index >= 15 is 0 Å². The van der Waals surface area contributed by atoms with E-state index in [1.54, 1.807) is 19.4 Å². The van der Waals surface area contributed by atoms with Gasteiger partial charge in [-0.2, -0.15) is 5.10 Å². The van der Waals surface area contributed by atoms with Gasteiger partial charge in [0.25, 0.3) is 5.91 Å². The lowest BCUT2D eigenvalue weighted by Gasteiger charge is -2.19. The number of carbonyl (C=O) groups is 1. The smallest absolute Gasteiger partial charge is 0.250 e. The molecule has 1 heterocycles. The van der Waals surface area contributed by atoms with Crippen molar-refractivity contribution in [1.29, 1.82) is 0 Å². The van der Waals surface area contributed by atoms with Crippen LogP contribution in [0.15, 0.2) is 80.6 Å². The highest BCUT2D eigenvalue weighted by Crippen LogP contribution is 2.37. The summed E-state index contributed by atoms with van der Waals surface area (Å²) in [5.41, 5.74) is 6.74. The largest absolute Gasteiger partial charge is 0.493 e. The Bertz CT molecular complexity index is 1440. The summed E-state index contributed by atoms with van der Waals surface area (Å²) in [6.45, 7) is 6.98. The van der Waals surface area contributed by atoms with Gasteiger partial charge < -0.3 is 9.47 Å². The molecule has 1 amide bonds. The Kier molecular flexibility index (Phi) is 9.77. The van der Waals surface area contributed by atoms with Gasteiger partial charge in [-0.1, -0.05) is 98.5 Å². The quantitative estimate of drug-likeness (QED) is 0.115. The van der Waals surface area contributed by atoms with Crippen molar-refractivity contribution in [3.8, 4) is 22.1 Å². The van der Waals surface area contributed by atoms with Gasteiger partial charge in [0.2, 0.25) is 0 Å². The number of rotatable bonds is 10. The van der Waals surface area contributed by atoms with Gasteiger partial charge >= 0.3 is 0 Å². The summed E-state index contributed by atoms with van der Waals surface area (Å²) >= 11 is 6.34. The maximum absolute atomic E-state index is 12.3. The van der Waals surface area contributed by atoms with E-state index in [0.29, 0.717) is 18.1 Å². The van der Waals surface area contributed by atoms with Gasteiger partial charge in [-0.15, -0.1) is 10.2 Å². The predicted molar refractivity (Wildman–Crippen MR) is 162 cm³/mol. The highest BCUT2D eigenvalue weighted by Gasteiger charge is 2.15. The zero-order valence-corrected chi connectivity index (χ0v) is 25.3. The number of nitrogens with zero attached hydrogens (tertiary/aromatic N) is 3. The number of benzene rings is 3. The van der Waals surface area contributed by atoms with Crippen LogP contribution in [-0.2, 0) is 16.8 Å². The number of thioether (sulfide) groups is 1. The Morgan fingerprint density at radius 2 is 1.85 bits per heavy atom. The summed E-state index contributed by atoms with van der Waals surface area (Å²) in [7, 11) is 1.59. The molecule has 0 bridgehead atoms. The lowest BCUT2D eigenvalue weighted by molar-refractivity contribution is -0.118. The van der Waals surface area contributed by atoms with Gasteiger partial charge in [0.05, 0.1) is 23.5 Å². The van der Waals surface area contributed by atoms with Gasteiger partial charge in [-0.25, -0.2) is 5.43 Å². The first-order valence-corrected chi connectivity index (χ1v) is 14.8. The maximum Gasteiger partial charge on any atom is 0.250 e. The van der Waals surface area contributed by atoms with E-state index in [9.17, 15) is 4.79 Å². The molecule has 202 valence electrons. The van der Waals surface area contributed by atoms with Crippen LogP contribution in [0.4, 0.5) is 0 Å². The first kappa shape index (κ1) is 28.8. The number of carbonyl (C=O) groups excluding carboxylic acids is 1. The van der Waals surface area contributed by atoms with Crippen molar-refractivity contribution in [3.05, 3.63) is 87.9 Å². The molecule has 4 aromatic rings. The van der Waals surface area contributed by atoms with Crippen molar-refractivity contribution in [2.24, 2.45) is 5.10 Å². The van der Waals surface area contributed by atoms with Crippen molar-refractivity contribution in [2.75, 3.05) is 12.9 Å². The Hall–Kier alpha value is -3.21. The monoisotopic (exact) mass is 624 g/mol. The van der Waals surface area contributed by atoms with Crippen LogP contribution in [0.1, 0.15) is 37.5 Å². The van der Waals surface area contributed by atoms with E-state index < -0.39 is 0 Å². The molecule has 7 nitrogen and oxygen atoms in total. The second-order valence-corrected chi connectivity index (χ2v) is 12.6. The minimum absolute atomic E-state index is 0.104. The van der Waals surface area contributed by atoms with Crippen molar-refractivity contribution >= 4 is 51.2 Å². The SMILES string of the molecule is COc1cc(C=NNC(=O)CSc2nnc(-c3ccccc3)s2)cc(Br)c1OCc1ccc(C(C)(C)C)cc1. The van der Waals surface area contributed by atoms with Crippen molar-refractivity contribution < 1.29 is 14.3 Å². The number of aromatic nitrogens is 2. The van der Waals surface area contributed by atoms with Gasteiger partial charge in [0.15, 0.2) is 15.8 Å². The molecule has 1 N–H and O–H groups in total. The molecule has 1 aromatic heterocycles. The number of nitrogens with one attached hydrogen (secondary N) is 1. The molecule has 0 aliphatic heterocycles. The Labute approximate surface area is 245 Å². The third-order valence-corrected chi connectivity index (χ3v) is 8.31. The van der Waals surface area contributed by atoms with E-state index in [2.05, 4.69) is 81.7 Å². The summed E-state index contributed by atoms with van der Waals surface area (Å²) in [5.74, 6) is 1.10. The van der Waals surface area contributed by atoms with Crippen molar-refractivity contribution in [3.63, 3.8) is 0 Å². The van der Waals surface area contributed by atoms with Crippen LogP contribution < -0.4 is 14.9 Å². The fraction of sp³-hybridized carbons (Fsp3) is 0.241. The molecule has 0 atom stereocenters. The van der Waals surface area contributed by atoms with Crippen LogP contribution >= 0.6 is 39.0 Å². The zero-order valence-electron chi connectivity index (χ0n) is 22.1. The molecule has 0 saturated heterocycles. The topological polar surface area (TPSA) is 85.7 Å². The molecule has 4 rings (SSSR count). The second-order valence-electron chi connectivity index (χ2n) is 9.59. The van der Waals surface area contributed by atoms with Gasteiger partial charge in [0.1, 0.15) is 11.6 Å². The average Bonchev–Trinajstić information content (AvgIpc) is 3.40. The molecule has 0 aliphatic rings. The number of amides is 1. The van der Waals surface area contributed by atoms with Crippen LogP contribution in [0.25, 0.3) is 10.6 Å². The number of ether oxygens (including phenoxy) is 2. The minimum Gasteiger partial charge on any atom is -0.493 e. The van der Waals surface area contributed by atoms with Crippen LogP contribution in [0.5, 0.6) is 11.5 Å². The van der Waals surface area contributed by atoms with Gasteiger partial charge in [0, 0.05) is 5.56 Å². The number of hydrazone groups is 1. The molecule has 3 aromatic carbocycles. The van der Waals surface area contributed by atoms with E-state index in [1.807, 2.05) is 36.4 Å². The Balaban J connectivity index is 1.30. The average molecular weight is 626 g/mol. The summed E-state index contributed by atoms with van der Waals surface area (Å²) in [6, 6.07) is 21.9. The highest BCUT2D eigenvalue weighted by molar-refractivity contribution is 9.10. The fourth-order valence-corrected chi connectivity index (χ4v) is 5.74. The molecule has 0 radical (unpaired) electrons. The minimum atomic E-state index is -0.240.